The molecule has 0 aliphatic heterocycles. The van der Waals surface area contributed by atoms with Crippen LogP contribution in [0.25, 0.3) is 11.1 Å². The zero-order valence-electron chi connectivity index (χ0n) is 6.16. The highest BCUT2D eigenvalue weighted by molar-refractivity contribution is 5.86. The molecule has 0 radical (unpaired) electrons. The highest BCUT2D eigenvalue weighted by Crippen LogP contribution is 2.20. The second kappa shape index (κ2) is 1.99. The molecule has 0 aliphatic carbocycles. The maximum absolute atomic E-state index is 5.59. The molecule has 0 fully saturated rings. The SMILES string of the molecule is Cc1ccc2c(N)coc2n1. The van der Waals surface area contributed by atoms with Crippen LogP contribution in [0.1, 0.15) is 5.69 Å². The molecular formula is C8H8N2O. The van der Waals surface area contributed by atoms with E-state index in [1.54, 1.807) is 0 Å². The van der Waals surface area contributed by atoms with Gasteiger partial charge in [-0.1, -0.05) is 0 Å². The first-order valence-corrected chi connectivity index (χ1v) is 3.38. The number of fused-ring (bicyclic) bond motifs is 1. The van der Waals surface area contributed by atoms with Crippen LogP contribution in [0.15, 0.2) is 22.8 Å². The van der Waals surface area contributed by atoms with Gasteiger partial charge < -0.3 is 10.2 Å². The Morgan fingerprint density at radius 1 is 1.45 bits per heavy atom. The van der Waals surface area contributed by atoms with Crippen molar-refractivity contribution in [3.05, 3.63) is 24.1 Å². The summed E-state index contributed by atoms with van der Waals surface area (Å²) in [5, 5.41) is 0.885. The number of aryl methyl sites for hydroxylation is 1. The Bertz CT molecular complexity index is 392. The summed E-state index contributed by atoms with van der Waals surface area (Å²) in [4.78, 5) is 4.15. The van der Waals surface area contributed by atoms with Gasteiger partial charge in [-0.25, -0.2) is 4.98 Å². The van der Waals surface area contributed by atoms with E-state index in [0.717, 1.165) is 11.1 Å². The summed E-state index contributed by atoms with van der Waals surface area (Å²) >= 11 is 0. The lowest BCUT2D eigenvalue weighted by atomic mass is 10.3. The van der Waals surface area contributed by atoms with E-state index < -0.39 is 0 Å². The van der Waals surface area contributed by atoms with Crippen molar-refractivity contribution in [1.29, 1.82) is 0 Å². The molecule has 3 heteroatoms. The van der Waals surface area contributed by atoms with Gasteiger partial charge in [-0.2, -0.15) is 0 Å². The lowest BCUT2D eigenvalue weighted by Crippen LogP contribution is -1.82. The zero-order valence-corrected chi connectivity index (χ0v) is 6.16. The van der Waals surface area contributed by atoms with Gasteiger partial charge in [0.05, 0.1) is 11.1 Å². The van der Waals surface area contributed by atoms with Crippen molar-refractivity contribution < 1.29 is 4.42 Å². The average Bonchev–Trinajstić information content (AvgIpc) is 2.32. The predicted molar refractivity (Wildman–Crippen MR) is 43.2 cm³/mol. The fourth-order valence-corrected chi connectivity index (χ4v) is 1.03. The molecule has 0 aliphatic rings. The van der Waals surface area contributed by atoms with Gasteiger partial charge >= 0.3 is 0 Å². The van der Waals surface area contributed by atoms with Crippen molar-refractivity contribution in [1.82, 2.24) is 4.98 Å². The van der Waals surface area contributed by atoms with Crippen LogP contribution < -0.4 is 5.73 Å². The lowest BCUT2D eigenvalue weighted by Gasteiger charge is -1.89. The topological polar surface area (TPSA) is 52.0 Å². The van der Waals surface area contributed by atoms with Crippen LogP contribution in [-0.4, -0.2) is 4.98 Å². The van der Waals surface area contributed by atoms with Gasteiger partial charge in [-0.15, -0.1) is 0 Å². The molecule has 11 heavy (non-hydrogen) atoms. The molecule has 0 bridgehead atoms. The first-order chi connectivity index (χ1) is 5.27. The Balaban J connectivity index is 2.86. The normalized spacial score (nSPS) is 10.6. The number of nitrogens with two attached hydrogens (primary N) is 1. The van der Waals surface area contributed by atoms with Crippen molar-refractivity contribution in [2.75, 3.05) is 5.73 Å². The Morgan fingerprint density at radius 2 is 2.27 bits per heavy atom. The van der Waals surface area contributed by atoms with E-state index in [0.29, 0.717) is 11.4 Å². The fraction of sp³-hybridized carbons (Fsp3) is 0.125. The Labute approximate surface area is 63.8 Å². The summed E-state index contributed by atoms with van der Waals surface area (Å²) in [7, 11) is 0. The minimum atomic E-state index is 0.613. The summed E-state index contributed by atoms with van der Waals surface area (Å²) in [6, 6.07) is 3.82. The first kappa shape index (κ1) is 6.22. The van der Waals surface area contributed by atoms with Crippen LogP contribution in [0.2, 0.25) is 0 Å². The molecule has 0 spiro atoms. The molecule has 0 saturated heterocycles. The molecule has 0 aromatic carbocycles. The third kappa shape index (κ3) is 0.852. The molecule has 3 nitrogen and oxygen atoms in total. The number of pyridine rings is 1. The highest BCUT2D eigenvalue weighted by Gasteiger charge is 2.01. The van der Waals surface area contributed by atoms with Crippen LogP contribution in [0.3, 0.4) is 0 Å². The second-order valence-electron chi connectivity index (χ2n) is 2.50. The third-order valence-corrected chi connectivity index (χ3v) is 1.61. The minimum absolute atomic E-state index is 0.613. The summed E-state index contributed by atoms with van der Waals surface area (Å²) in [5.41, 5.74) is 7.79. The van der Waals surface area contributed by atoms with Gasteiger partial charge in [0.2, 0.25) is 5.71 Å². The van der Waals surface area contributed by atoms with Gasteiger partial charge in [-0.05, 0) is 19.1 Å². The van der Waals surface area contributed by atoms with E-state index in [1.165, 1.54) is 6.26 Å². The predicted octanol–water partition coefficient (Wildman–Crippen LogP) is 1.72. The number of aromatic nitrogens is 1. The molecule has 2 aromatic heterocycles. The molecule has 56 valence electrons. The lowest BCUT2D eigenvalue weighted by molar-refractivity contribution is 0.603. The van der Waals surface area contributed by atoms with Gasteiger partial charge in [0.15, 0.2) is 0 Å². The number of rotatable bonds is 0. The standard InChI is InChI=1S/C8H8N2O/c1-5-2-3-6-7(9)4-11-8(6)10-5/h2-4H,9H2,1H3. The van der Waals surface area contributed by atoms with Gasteiger partial charge in [-0.3, -0.25) is 0 Å². The smallest absolute Gasteiger partial charge is 0.228 e. The summed E-state index contributed by atoms with van der Waals surface area (Å²) in [5.74, 6) is 0. The van der Waals surface area contributed by atoms with Crippen LogP contribution in [0.5, 0.6) is 0 Å². The quantitative estimate of drug-likeness (QED) is 0.618. The average molecular weight is 148 g/mol. The van der Waals surface area contributed by atoms with Gasteiger partial charge in [0.1, 0.15) is 6.26 Å². The van der Waals surface area contributed by atoms with Crippen molar-refractivity contribution >= 4 is 16.8 Å². The number of hydrogen-bond donors (Lipinski definition) is 1. The number of nitrogens with zero attached hydrogens (tertiary/aromatic N) is 1. The Kier molecular flexibility index (Phi) is 1.12. The number of anilines is 1. The molecule has 2 heterocycles. The molecule has 2 aromatic rings. The molecular weight excluding hydrogens is 140 g/mol. The summed E-state index contributed by atoms with van der Waals surface area (Å²) in [6.07, 6.45) is 1.51. The first-order valence-electron chi connectivity index (χ1n) is 3.38. The van der Waals surface area contributed by atoms with E-state index >= 15 is 0 Å². The van der Waals surface area contributed by atoms with Crippen molar-refractivity contribution in [3.8, 4) is 0 Å². The van der Waals surface area contributed by atoms with E-state index in [-0.39, 0.29) is 0 Å². The maximum atomic E-state index is 5.59. The molecule has 2 N–H and O–H groups in total. The van der Waals surface area contributed by atoms with Crippen molar-refractivity contribution in [2.24, 2.45) is 0 Å². The van der Waals surface area contributed by atoms with Crippen LogP contribution in [0.4, 0.5) is 5.69 Å². The largest absolute Gasteiger partial charge is 0.444 e. The number of furan rings is 1. The number of nitrogen functional groups attached to an aromatic ring is 1. The second-order valence-corrected chi connectivity index (χ2v) is 2.50. The van der Waals surface area contributed by atoms with Gasteiger partial charge in [0.25, 0.3) is 0 Å². The molecule has 0 amide bonds. The molecule has 2 rings (SSSR count). The van der Waals surface area contributed by atoms with Crippen molar-refractivity contribution in [2.45, 2.75) is 6.92 Å². The molecule has 0 atom stereocenters. The van der Waals surface area contributed by atoms with Gasteiger partial charge in [0, 0.05) is 5.69 Å². The van der Waals surface area contributed by atoms with E-state index in [1.807, 2.05) is 19.1 Å². The maximum Gasteiger partial charge on any atom is 0.228 e. The summed E-state index contributed by atoms with van der Waals surface area (Å²) < 4.78 is 5.09. The number of hydrogen-bond acceptors (Lipinski definition) is 3. The third-order valence-electron chi connectivity index (χ3n) is 1.61. The van der Waals surface area contributed by atoms with Crippen LogP contribution in [0, 0.1) is 6.92 Å². The highest BCUT2D eigenvalue weighted by atomic mass is 16.3. The van der Waals surface area contributed by atoms with E-state index in [9.17, 15) is 0 Å². The Morgan fingerprint density at radius 3 is 3.09 bits per heavy atom. The molecule has 0 unspecified atom stereocenters. The minimum Gasteiger partial charge on any atom is -0.444 e. The zero-order chi connectivity index (χ0) is 7.84. The monoisotopic (exact) mass is 148 g/mol. The Hall–Kier alpha value is -1.51. The van der Waals surface area contributed by atoms with Crippen LogP contribution >= 0.6 is 0 Å². The summed E-state index contributed by atoms with van der Waals surface area (Å²) in [6.45, 7) is 1.91. The van der Waals surface area contributed by atoms with Crippen molar-refractivity contribution in [3.63, 3.8) is 0 Å². The molecule has 0 saturated carbocycles. The fourth-order valence-electron chi connectivity index (χ4n) is 1.03. The van der Waals surface area contributed by atoms with E-state index in [2.05, 4.69) is 4.98 Å². The van der Waals surface area contributed by atoms with E-state index in [4.69, 9.17) is 10.2 Å². The van der Waals surface area contributed by atoms with Crippen LogP contribution in [-0.2, 0) is 0 Å².